The highest BCUT2D eigenvalue weighted by molar-refractivity contribution is 6.97. The number of hydrogen-bond acceptors (Lipinski definition) is 0. The van der Waals surface area contributed by atoms with Crippen LogP contribution in [0.25, 0.3) is 6.08 Å². The summed E-state index contributed by atoms with van der Waals surface area (Å²) in [6.45, 7) is 4.86. The van der Waals surface area contributed by atoms with E-state index in [-0.39, 0.29) is 0 Å². The quantitative estimate of drug-likeness (QED) is 0.730. The molecule has 0 bridgehead atoms. The fraction of sp³-hybridized carbons (Fsp3) is 0.222. The van der Waals surface area contributed by atoms with Crippen LogP contribution < -0.4 is 5.19 Å². The van der Waals surface area contributed by atoms with Gasteiger partial charge in [-0.2, -0.15) is 0 Å². The third kappa shape index (κ3) is 2.08. The van der Waals surface area contributed by atoms with Crippen molar-refractivity contribution in [3.8, 4) is 0 Å². The summed E-state index contributed by atoms with van der Waals surface area (Å²) in [5.74, 6) is 0. The lowest BCUT2D eigenvalue weighted by atomic mass is 10.1. The van der Waals surface area contributed by atoms with Gasteiger partial charge in [-0.25, -0.2) is 0 Å². The highest BCUT2D eigenvalue weighted by Crippen LogP contribution is 2.32. The topological polar surface area (TPSA) is 0 Å². The van der Waals surface area contributed by atoms with Crippen molar-refractivity contribution in [2.45, 2.75) is 25.9 Å². The number of benzene rings is 2. The molecule has 1 aliphatic carbocycles. The summed E-state index contributed by atoms with van der Waals surface area (Å²) in [7, 11) is -1.50. The van der Waals surface area contributed by atoms with E-state index >= 15 is 0 Å². The van der Waals surface area contributed by atoms with Gasteiger partial charge in [0.25, 0.3) is 0 Å². The number of fused-ring (bicyclic) bond motifs is 1. The second-order valence-corrected chi connectivity index (χ2v) is 10.2. The van der Waals surface area contributed by atoms with E-state index in [1.54, 1.807) is 10.4 Å². The van der Waals surface area contributed by atoms with Crippen LogP contribution in [-0.2, 0) is 6.42 Å². The van der Waals surface area contributed by atoms with E-state index in [0.29, 0.717) is 0 Å². The zero-order valence-corrected chi connectivity index (χ0v) is 12.7. The summed E-state index contributed by atoms with van der Waals surface area (Å²) in [5.41, 5.74) is 2.93. The summed E-state index contributed by atoms with van der Waals surface area (Å²) in [5, 5.41) is 3.25. The molecule has 0 N–H and O–H groups in total. The van der Waals surface area contributed by atoms with Crippen LogP contribution >= 0.6 is 0 Å². The van der Waals surface area contributed by atoms with Gasteiger partial charge >= 0.3 is 0 Å². The van der Waals surface area contributed by atoms with Crippen LogP contribution in [0, 0.1) is 0 Å². The Morgan fingerprint density at radius 1 is 0.947 bits per heavy atom. The Labute approximate surface area is 116 Å². The predicted molar refractivity (Wildman–Crippen MR) is 86.3 cm³/mol. The van der Waals surface area contributed by atoms with Gasteiger partial charge in [-0.05, 0) is 17.5 Å². The zero-order chi connectivity index (χ0) is 13.3. The summed E-state index contributed by atoms with van der Waals surface area (Å²) >= 11 is 0. The van der Waals surface area contributed by atoms with Crippen molar-refractivity contribution in [1.29, 1.82) is 0 Å². The SMILES string of the molecule is CC[Si](C)(C1=Cc2ccccc2C1)c1ccccc1. The third-order valence-corrected chi connectivity index (χ3v) is 9.35. The van der Waals surface area contributed by atoms with Crippen LogP contribution in [0.5, 0.6) is 0 Å². The van der Waals surface area contributed by atoms with Gasteiger partial charge in [-0.3, -0.25) is 0 Å². The Kier molecular flexibility index (Phi) is 3.15. The van der Waals surface area contributed by atoms with Crippen LogP contribution in [0.2, 0.25) is 12.6 Å². The molecule has 1 heteroatoms. The third-order valence-electron chi connectivity index (χ3n) is 4.59. The first-order valence-corrected chi connectivity index (χ1v) is 9.79. The zero-order valence-electron chi connectivity index (χ0n) is 11.7. The first kappa shape index (κ1) is 12.4. The van der Waals surface area contributed by atoms with Crippen molar-refractivity contribution in [3.05, 3.63) is 70.9 Å². The summed E-state index contributed by atoms with van der Waals surface area (Å²) < 4.78 is 0. The van der Waals surface area contributed by atoms with Crippen molar-refractivity contribution < 1.29 is 0 Å². The molecule has 0 spiro atoms. The van der Waals surface area contributed by atoms with E-state index in [4.69, 9.17) is 0 Å². The molecule has 1 aliphatic rings. The molecular weight excluding hydrogens is 244 g/mol. The number of hydrogen-bond donors (Lipinski definition) is 0. The number of rotatable bonds is 3. The molecule has 96 valence electrons. The van der Waals surface area contributed by atoms with Gasteiger partial charge in [0, 0.05) is 0 Å². The molecule has 2 aromatic carbocycles. The Hall–Kier alpha value is -1.60. The molecule has 0 nitrogen and oxygen atoms in total. The lowest BCUT2D eigenvalue weighted by Crippen LogP contribution is -2.46. The van der Waals surface area contributed by atoms with Gasteiger partial charge in [0.05, 0.1) is 0 Å². The molecule has 0 saturated carbocycles. The van der Waals surface area contributed by atoms with Gasteiger partial charge in [-0.15, -0.1) is 0 Å². The van der Waals surface area contributed by atoms with E-state index in [2.05, 4.69) is 74.1 Å². The molecule has 1 atom stereocenters. The van der Waals surface area contributed by atoms with Crippen LogP contribution in [0.1, 0.15) is 18.1 Å². The first-order chi connectivity index (χ1) is 9.24. The summed E-state index contributed by atoms with van der Waals surface area (Å²) in [6.07, 6.45) is 3.61. The molecule has 0 radical (unpaired) electrons. The smallest absolute Gasteiger partial charge is 0.0709 e. The Balaban J connectivity index is 2.02. The molecular formula is C18H20Si. The van der Waals surface area contributed by atoms with Crippen molar-refractivity contribution in [3.63, 3.8) is 0 Å². The van der Waals surface area contributed by atoms with Gasteiger partial charge in [0.15, 0.2) is 0 Å². The molecule has 3 rings (SSSR count). The maximum Gasteiger partial charge on any atom is 0.110 e. The van der Waals surface area contributed by atoms with E-state index in [0.717, 1.165) is 6.42 Å². The van der Waals surface area contributed by atoms with E-state index in [1.165, 1.54) is 17.2 Å². The average molecular weight is 264 g/mol. The Morgan fingerprint density at radius 2 is 1.63 bits per heavy atom. The van der Waals surface area contributed by atoms with Crippen molar-refractivity contribution >= 4 is 19.3 Å². The van der Waals surface area contributed by atoms with Gasteiger partial charge in [0.1, 0.15) is 8.07 Å². The lowest BCUT2D eigenvalue weighted by Gasteiger charge is -2.28. The monoisotopic (exact) mass is 264 g/mol. The normalized spacial score (nSPS) is 16.6. The minimum Gasteiger partial charge on any atom is -0.0709 e. The maximum absolute atomic E-state index is 2.51. The molecule has 0 amide bonds. The second kappa shape index (κ2) is 4.82. The molecule has 1 unspecified atom stereocenters. The lowest BCUT2D eigenvalue weighted by molar-refractivity contribution is 1.24. The van der Waals surface area contributed by atoms with E-state index in [1.807, 2.05) is 0 Å². The minimum absolute atomic E-state index is 1.15. The largest absolute Gasteiger partial charge is 0.110 e. The molecule has 2 aromatic rings. The van der Waals surface area contributed by atoms with Crippen molar-refractivity contribution in [2.24, 2.45) is 0 Å². The number of allylic oxidation sites excluding steroid dienone is 1. The van der Waals surface area contributed by atoms with Gasteiger partial charge in [0.2, 0.25) is 0 Å². The molecule has 0 saturated heterocycles. The molecule has 0 aliphatic heterocycles. The first-order valence-electron chi connectivity index (χ1n) is 7.08. The van der Waals surface area contributed by atoms with Gasteiger partial charge < -0.3 is 0 Å². The van der Waals surface area contributed by atoms with E-state index in [9.17, 15) is 0 Å². The van der Waals surface area contributed by atoms with Crippen LogP contribution in [0.4, 0.5) is 0 Å². The average Bonchev–Trinajstić information content (AvgIpc) is 2.92. The second-order valence-electron chi connectivity index (χ2n) is 5.60. The Morgan fingerprint density at radius 3 is 2.32 bits per heavy atom. The van der Waals surface area contributed by atoms with Crippen LogP contribution in [0.3, 0.4) is 0 Å². The highest BCUT2D eigenvalue weighted by Gasteiger charge is 2.33. The van der Waals surface area contributed by atoms with Crippen LogP contribution in [0.15, 0.2) is 59.8 Å². The fourth-order valence-electron chi connectivity index (χ4n) is 3.06. The fourth-order valence-corrected chi connectivity index (χ4v) is 6.27. The van der Waals surface area contributed by atoms with Crippen molar-refractivity contribution in [1.82, 2.24) is 0 Å². The molecule has 0 aromatic heterocycles. The highest BCUT2D eigenvalue weighted by atomic mass is 28.3. The van der Waals surface area contributed by atoms with E-state index < -0.39 is 8.07 Å². The maximum atomic E-state index is 2.51. The van der Waals surface area contributed by atoms with Crippen molar-refractivity contribution in [2.75, 3.05) is 0 Å². The predicted octanol–water partition coefficient (Wildman–Crippen LogP) is 4.17. The molecule has 0 fully saturated rings. The molecule has 0 heterocycles. The van der Waals surface area contributed by atoms with Gasteiger partial charge in [-0.1, -0.05) is 90.6 Å². The summed E-state index contributed by atoms with van der Waals surface area (Å²) in [6, 6.07) is 21.2. The summed E-state index contributed by atoms with van der Waals surface area (Å²) in [4.78, 5) is 0. The molecule has 19 heavy (non-hydrogen) atoms. The Bertz CT molecular complexity index is 613. The minimum atomic E-state index is -1.50. The van der Waals surface area contributed by atoms with Crippen LogP contribution in [-0.4, -0.2) is 8.07 Å². The standard InChI is InChI=1S/C18H20Si/c1-3-19(2,17-11-5-4-6-12-17)18-13-15-9-7-8-10-16(15)14-18/h4-13H,3,14H2,1-2H3.